The van der Waals surface area contributed by atoms with Crippen molar-refractivity contribution in [2.24, 2.45) is 5.73 Å². The van der Waals surface area contributed by atoms with Gasteiger partial charge < -0.3 is 15.2 Å². The molecule has 1 aromatic carbocycles. The SMILES string of the molecule is C=CCC[C@@H](N)c1cc(OC(F)(F)F)ccc1OC. The Balaban J connectivity index is 2.98. The molecule has 1 atom stereocenters. The fourth-order valence-electron chi connectivity index (χ4n) is 1.65. The summed E-state index contributed by atoms with van der Waals surface area (Å²) in [6.45, 7) is 3.57. The Kier molecular flexibility index (Phi) is 5.23. The molecule has 2 N–H and O–H groups in total. The predicted molar refractivity (Wildman–Crippen MR) is 66.0 cm³/mol. The molecule has 0 aliphatic carbocycles. The maximum atomic E-state index is 12.2. The predicted octanol–water partition coefficient (Wildman–Crippen LogP) is 3.56. The van der Waals surface area contributed by atoms with E-state index in [9.17, 15) is 13.2 Å². The number of nitrogens with two attached hydrogens (primary N) is 1. The summed E-state index contributed by atoms with van der Waals surface area (Å²) in [5.74, 6) is 0.128. The maximum Gasteiger partial charge on any atom is 0.573 e. The van der Waals surface area contributed by atoms with Crippen LogP contribution in [0.25, 0.3) is 0 Å². The lowest BCUT2D eigenvalue weighted by Crippen LogP contribution is -2.18. The number of benzene rings is 1. The lowest BCUT2D eigenvalue weighted by Gasteiger charge is -2.17. The second kappa shape index (κ2) is 6.47. The van der Waals surface area contributed by atoms with Crippen LogP contribution in [0.15, 0.2) is 30.9 Å². The van der Waals surface area contributed by atoms with E-state index in [0.717, 1.165) is 0 Å². The summed E-state index contributed by atoms with van der Waals surface area (Å²) >= 11 is 0. The molecule has 0 fully saturated rings. The van der Waals surface area contributed by atoms with Crippen LogP contribution in [0.3, 0.4) is 0 Å². The molecule has 6 heteroatoms. The number of methoxy groups -OCH3 is 1. The quantitative estimate of drug-likeness (QED) is 0.807. The van der Waals surface area contributed by atoms with E-state index in [1.54, 1.807) is 6.08 Å². The highest BCUT2D eigenvalue weighted by Crippen LogP contribution is 2.32. The van der Waals surface area contributed by atoms with Gasteiger partial charge in [0.1, 0.15) is 11.5 Å². The van der Waals surface area contributed by atoms with Crippen LogP contribution < -0.4 is 15.2 Å². The van der Waals surface area contributed by atoms with E-state index in [2.05, 4.69) is 11.3 Å². The van der Waals surface area contributed by atoms with Crippen LogP contribution in [0, 0.1) is 0 Å². The minimum absolute atomic E-state index is 0.308. The zero-order valence-electron chi connectivity index (χ0n) is 10.5. The number of alkyl halides is 3. The lowest BCUT2D eigenvalue weighted by atomic mass is 10.0. The number of rotatable bonds is 6. The zero-order valence-corrected chi connectivity index (χ0v) is 10.5. The first-order valence-electron chi connectivity index (χ1n) is 5.67. The Bertz CT molecular complexity index is 432. The summed E-state index contributed by atoms with van der Waals surface area (Å²) < 4.78 is 45.4. The molecule has 0 spiro atoms. The van der Waals surface area contributed by atoms with Crippen molar-refractivity contribution >= 4 is 0 Å². The molecule has 19 heavy (non-hydrogen) atoms. The molecular formula is C13H16F3NO2. The van der Waals surface area contributed by atoms with Gasteiger partial charge in [-0.2, -0.15) is 0 Å². The summed E-state index contributed by atoms with van der Waals surface area (Å²) in [5.41, 5.74) is 6.40. The highest BCUT2D eigenvalue weighted by molar-refractivity contribution is 5.42. The lowest BCUT2D eigenvalue weighted by molar-refractivity contribution is -0.274. The summed E-state index contributed by atoms with van der Waals surface area (Å²) in [5, 5.41) is 0. The third-order valence-electron chi connectivity index (χ3n) is 2.52. The van der Waals surface area contributed by atoms with Crippen molar-refractivity contribution < 1.29 is 22.6 Å². The molecular weight excluding hydrogens is 259 g/mol. The van der Waals surface area contributed by atoms with E-state index in [1.807, 2.05) is 0 Å². The molecule has 0 unspecified atom stereocenters. The number of ether oxygens (including phenoxy) is 2. The molecule has 0 saturated heterocycles. The monoisotopic (exact) mass is 275 g/mol. The van der Waals surface area contributed by atoms with Gasteiger partial charge in [0.2, 0.25) is 0 Å². The van der Waals surface area contributed by atoms with Crippen LogP contribution in [0.2, 0.25) is 0 Å². The van der Waals surface area contributed by atoms with Gasteiger partial charge in [-0.05, 0) is 31.0 Å². The fourth-order valence-corrected chi connectivity index (χ4v) is 1.65. The second-order valence-electron chi connectivity index (χ2n) is 3.92. The van der Waals surface area contributed by atoms with E-state index in [1.165, 1.54) is 25.3 Å². The van der Waals surface area contributed by atoms with Gasteiger partial charge in [-0.1, -0.05) is 6.08 Å². The van der Waals surface area contributed by atoms with Gasteiger partial charge in [0.05, 0.1) is 7.11 Å². The van der Waals surface area contributed by atoms with E-state index in [0.29, 0.717) is 24.2 Å². The molecule has 106 valence electrons. The standard InChI is InChI=1S/C13H16F3NO2/c1-3-4-5-11(17)10-8-9(19-13(14,15)16)6-7-12(10)18-2/h3,6-8,11H,1,4-5,17H2,2H3/t11-/m1/s1. The third-order valence-corrected chi connectivity index (χ3v) is 2.52. The first-order chi connectivity index (χ1) is 8.87. The summed E-state index contributed by atoms with van der Waals surface area (Å²) in [6, 6.07) is 3.41. The molecule has 0 radical (unpaired) electrons. The largest absolute Gasteiger partial charge is 0.573 e. The van der Waals surface area contributed by atoms with Crippen LogP contribution >= 0.6 is 0 Å². The van der Waals surface area contributed by atoms with Crippen molar-refractivity contribution in [3.8, 4) is 11.5 Å². The average Bonchev–Trinajstić information content (AvgIpc) is 2.34. The Morgan fingerprint density at radius 1 is 1.42 bits per heavy atom. The first-order valence-corrected chi connectivity index (χ1v) is 5.67. The molecule has 1 aromatic rings. The van der Waals surface area contributed by atoms with Gasteiger partial charge in [-0.15, -0.1) is 19.8 Å². The highest BCUT2D eigenvalue weighted by Gasteiger charge is 2.31. The van der Waals surface area contributed by atoms with Crippen molar-refractivity contribution in [3.63, 3.8) is 0 Å². The van der Waals surface area contributed by atoms with Crippen LogP contribution in [0.1, 0.15) is 24.4 Å². The van der Waals surface area contributed by atoms with Crippen LogP contribution in [-0.2, 0) is 0 Å². The van der Waals surface area contributed by atoms with Crippen molar-refractivity contribution in [2.75, 3.05) is 7.11 Å². The Hall–Kier alpha value is -1.69. The smallest absolute Gasteiger partial charge is 0.496 e. The normalized spacial score (nSPS) is 12.9. The van der Waals surface area contributed by atoms with E-state index >= 15 is 0 Å². The van der Waals surface area contributed by atoms with Crippen LogP contribution in [0.4, 0.5) is 13.2 Å². The fraction of sp³-hybridized carbons (Fsp3) is 0.385. The minimum atomic E-state index is -4.73. The third kappa shape index (κ3) is 4.82. The van der Waals surface area contributed by atoms with E-state index in [-0.39, 0.29) is 5.75 Å². The summed E-state index contributed by atoms with van der Waals surface area (Å²) in [6.07, 6.45) is -1.80. The van der Waals surface area contributed by atoms with Gasteiger partial charge in [-0.3, -0.25) is 0 Å². The molecule has 0 heterocycles. The Morgan fingerprint density at radius 3 is 2.63 bits per heavy atom. The Morgan fingerprint density at radius 2 is 2.11 bits per heavy atom. The molecule has 0 aliphatic rings. The average molecular weight is 275 g/mol. The highest BCUT2D eigenvalue weighted by atomic mass is 19.4. The zero-order chi connectivity index (χ0) is 14.5. The molecule has 0 aromatic heterocycles. The number of hydrogen-bond donors (Lipinski definition) is 1. The number of allylic oxidation sites excluding steroid dienone is 1. The molecule has 1 rings (SSSR count). The Labute approximate surface area is 109 Å². The van der Waals surface area contributed by atoms with Gasteiger partial charge in [0, 0.05) is 11.6 Å². The summed E-state index contributed by atoms with van der Waals surface area (Å²) in [4.78, 5) is 0. The molecule has 3 nitrogen and oxygen atoms in total. The van der Waals surface area contributed by atoms with Crippen LogP contribution in [0.5, 0.6) is 11.5 Å². The topological polar surface area (TPSA) is 44.5 Å². The molecule has 0 amide bonds. The minimum Gasteiger partial charge on any atom is -0.496 e. The van der Waals surface area contributed by atoms with Crippen molar-refractivity contribution in [3.05, 3.63) is 36.4 Å². The first kappa shape index (κ1) is 15.4. The van der Waals surface area contributed by atoms with Gasteiger partial charge in [0.15, 0.2) is 0 Å². The van der Waals surface area contributed by atoms with E-state index < -0.39 is 12.4 Å². The number of halogens is 3. The van der Waals surface area contributed by atoms with Crippen molar-refractivity contribution in [1.82, 2.24) is 0 Å². The summed E-state index contributed by atoms with van der Waals surface area (Å²) in [7, 11) is 1.43. The van der Waals surface area contributed by atoms with Crippen LogP contribution in [-0.4, -0.2) is 13.5 Å². The molecule has 0 saturated carbocycles. The van der Waals surface area contributed by atoms with E-state index in [4.69, 9.17) is 10.5 Å². The van der Waals surface area contributed by atoms with Crippen molar-refractivity contribution in [1.29, 1.82) is 0 Å². The maximum absolute atomic E-state index is 12.2. The second-order valence-corrected chi connectivity index (χ2v) is 3.92. The van der Waals surface area contributed by atoms with Gasteiger partial charge in [-0.25, -0.2) is 0 Å². The number of hydrogen-bond acceptors (Lipinski definition) is 3. The van der Waals surface area contributed by atoms with Crippen molar-refractivity contribution in [2.45, 2.75) is 25.2 Å². The molecule has 0 aliphatic heterocycles. The van der Waals surface area contributed by atoms with Gasteiger partial charge in [0.25, 0.3) is 0 Å². The van der Waals surface area contributed by atoms with Gasteiger partial charge >= 0.3 is 6.36 Å². The molecule has 0 bridgehead atoms.